The Labute approximate surface area is 277 Å². The van der Waals surface area contributed by atoms with Crippen molar-refractivity contribution in [1.82, 2.24) is 14.6 Å². The molecule has 4 N–H and O–H groups in total. The van der Waals surface area contributed by atoms with Crippen LogP contribution in [-0.4, -0.2) is 61.9 Å². The summed E-state index contributed by atoms with van der Waals surface area (Å²) in [5.74, 6) is -1.58. The number of carbonyl (C=O) groups is 4. The summed E-state index contributed by atoms with van der Waals surface area (Å²) in [7, 11) is -2.71. The third-order valence-corrected chi connectivity index (χ3v) is 9.57. The molecule has 1 aliphatic carbocycles. The Bertz CT molecular complexity index is 1980. The van der Waals surface area contributed by atoms with Crippen molar-refractivity contribution in [2.24, 2.45) is 0 Å². The van der Waals surface area contributed by atoms with Crippen LogP contribution >= 0.6 is 0 Å². The summed E-state index contributed by atoms with van der Waals surface area (Å²) in [6, 6.07) is 15.3. The predicted octanol–water partition coefficient (Wildman–Crippen LogP) is 5.19. The Morgan fingerprint density at radius 2 is 1.73 bits per heavy atom. The summed E-state index contributed by atoms with van der Waals surface area (Å²) in [4.78, 5) is 49.7. The predicted molar refractivity (Wildman–Crippen MR) is 177 cm³/mol. The smallest absolute Gasteiger partial charge is 0.411 e. The van der Waals surface area contributed by atoms with E-state index in [1.807, 2.05) is 0 Å². The van der Waals surface area contributed by atoms with Crippen molar-refractivity contribution in [3.8, 4) is 5.75 Å². The molecular formula is C34H36N4O9S. The number of amides is 3. The Balaban J connectivity index is 1.42. The van der Waals surface area contributed by atoms with E-state index in [1.165, 1.54) is 29.9 Å². The van der Waals surface area contributed by atoms with Crippen molar-refractivity contribution < 1.29 is 42.2 Å². The maximum absolute atomic E-state index is 13.1. The second kappa shape index (κ2) is 14.6. The number of aryl methyl sites for hydroxylation is 1. The van der Waals surface area contributed by atoms with Crippen LogP contribution in [0.3, 0.4) is 0 Å². The minimum Gasteiger partial charge on any atom is -0.496 e. The van der Waals surface area contributed by atoms with Crippen molar-refractivity contribution in [1.29, 1.82) is 0 Å². The van der Waals surface area contributed by atoms with Gasteiger partial charge in [-0.1, -0.05) is 24.3 Å². The number of aliphatic carboxylic acids is 1. The molecule has 0 spiro atoms. The number of hydrogen-bond acceptors (Lipinski definition) is 8. The number of benzene rings is 3. The largest absolute Gasteiger partial charge is 0.496 e. The van der Waals surface area contributed by atoms with E-state index in [-0.39, 0.29) is 35.9 Å². The number of fused-ring (bicyclic) bond motifs is 1. The number of carbonyl (C=O) groups excluding carboxylic acids is 3. The second-order valence-electron chi connectivity index (χ2n) is 11.5. The highest BCUT2D eigenvalue weighted by Crippen LogP contribution is 2.31. The van der Waals surface area contributed by atoms with Gasteiger partial charge in [-0.15, -0.1) is 0 Å². The van der Waals surface area contributed by atoms with Gasteiger partial charge in [-0.05, 0) is 85.7 Å². The molecule has 0 atom stereocenters. The van der Waals surface area contributed by atoms with Crippen LogP contribution in [0.5, 0.6) is 5.75 Å². The fourth-order valence-electron chi connectivity index (χ4n) is 5.68. The average Bonchev–Trinajstić information content (AvgIpc) is 3.68. The molecule has 0 unspecified atom stereocenters. The van der Waals surface area contributed by atoms with Crippen LogP contribution in [-0.2, 0) is 26.0 Å². The molecule has 14 heteroatoms. The first-order chi connectivity index (χ1) is 22.9. The molecule has 0 bridgehead atoms. The molecule has 1 saturated carbocycles. The van der Waals surface area contributed by atoms with Gasteiger partial charge in [0.05, 0.1) is 23.9 Å². The zero-order valence-electron chi connectivity index (χ0n) is 26.4. The lowest BCUT2D eigenvalue weighted by Gasteiger charge is -2.13. The number of aromatic nitrogens is 1. The fraction of sp³-hybridized carbons (Fsp3) is 0.294. The minimum atomic E-state index is -4.13. The van der Waals surface area contributed by atoms with Crippen LogP contribution in [0.4, 0.5) is 15.3 Å². The minimum absolute atomic E-state index is 0.00835. The van der Waals surface area contributed by atoms with Crippen LogP contribution in [0.25, 0.3) is 10.9 Å². The van der Waals surface area contributed by atoms with E-state index in [4.69, 9.17) is 14.6 Å². The molecule has 1 heterocycles. The molecule has 13 nitrogen and oxygen atoms in total. The molecule has 0 saturated heterocycles. The number of rotatable bonds is 11. The normalized spacial score (nSPS) is 13.2. The van der Waals surface area contributed by atoms with Crippen LogP contribution in [0.2, 0.25) is 0 Å². The summed E-state index contributed by atoms with van der Waals surface area (Å²) in [6.07, 6.45) is 4.54. The van der Waals surface area contributed by atoms with Crippen LogP contribution in [0.15, 0.2) is 71.8 Å². The van der Waals surface area contributed by atoms with Crippen molar-refractivity contribution in [2.45, 2.75) is 56.4 Å². The highest BCUT2D eigenvalue weighted by atomic mass is 32.2. The van der Waals surface area contributed by atoms with Gasteiger partial charge >= 0.3 is 18.1 Å². The van der Waals surface area contributed by atoms with E-state index in [1.54, 1.807) is 55.6 Å². The molecule has 4 aromatic rings. The number of nitrogens with zero attached hydrogens (tertiary/aromatic N) is 1. The topological polar surface area (TPSA) is 182 Å². The third kappa shape index (κ3) is 7.94. The van der Waals surface area contributed by atoms with Crippen molar-refractivity contribution >= 4 is 50.6 Å². The molecule has 48 heavy (non-hydrogen) atoms. The number of carboxylic acid groups (broad SMARTS) is 1. The lowest BCUT2D eigenvalue weighted by Crippen LogP contribution is -2.31. The van der Waals surface area contributed by atoms with E-state index in [0.29, 0.717) is 39.0 Å². The van der Waals surface area contributed by atoms with Gasteiger partial charge in [-0.3, -0.25) is 19.5 Å². The molecule has 0 radical (unpaired) electrons. The van der Waals surface area contributed by atoms with Gasteiger partial charge in [0, 0.05) is 35.8 Å². The molecule has 5 rings (SSSR count). The first-order valence-electron chi connectivity index (χ1n) is 15.4. The van der Waals surface area contributed by atoms with E-state index < -0.39 is 34.0 Å². The van der Waals surface area contributed by atoms with Gasteiger partial charge < -0.3 is 19.9 Å². The summed E-state index contributed by atoms with van der Waals surface area (Å²) in [5, 5.41) is 15.0. The number of sulfonamides is 1. The number of nitrogens with one attached hydrogen (secondary N) is 3. The Kier molecular flexibility index (Phi) is 10.3. The summed E-state index contributed by atoms with van der Waals surface area (Å²) in [6.45, 7) is 1.56. The monoisotopic (exact) mass is 676 g/mol. The number of methoxy groups -OCH3 is 1. The van der Waals surface area contributed by atoms with Gasteiger partial charge in [0.15, 0.2) is 0 Å². The molecule has 1 aliphatic rings. The van der Waals surface area contributed by atoms with Gasteiger partial charge in [-0.25, -0.2) is 22.7 Å². The van der Waals surface area contributed by atoms with Crippen molar-refractivity contribution in [2.75, 3.05) is 19.0 Å². The summed E-state index contributed by atoms with van der Waals surface area (Å²) in [5.41, 5.74) is 2.78. The summed E-state index contributed by atoms with van der Waals surface area (Å²) < 4.78 is 40.4. The van der Waals surface area contributed by atoms with E-state index in [9.17, 15) is 27.6 Å². The maximum atomic E-state index is 13.1. The van der Waals surface area contributed by atoms with Gasteiger partial charge in [0.2, 0.25) is 0 Å². The Morgan fingerprint density at radius 1 is 0.979 bits per heavy atom. The van der Waals surface area contributed by atoms with Gasteiger partial charge in [0.25, 0.3) is 15.9 Å². The number of hydrogen-bond donors (Lipinski definition) is 4. The average molecular weight is 677 g/mol. The molecule has 3 aromatic carbocycles. The SMILES string of the molecule is COc1cc(C(=O)NS(=O)(=O)c2ccccc2C)ccc1Cc1cn(C(=O)NCCC(=O)O)c2ccc(NC(=O)OC3CCCC3)cc12. The summed E-state index contributed by atoms with van der Waals surface area (Å²) >= 11 is 0. The van der Waals surface area contributed by atoms with Crippen molar-refractivity contribution in [3.05, 3.63) is 89.1 Å². The Morgan fingerprint density at radius 3 is 2.44 bits per heavy atom. The van der Waals surface area contributed by atoms with Crippen molar-refractivity contribution in [3.63, 3.8) is 0 Å². The standard InChI is InChI=1S/C34H36N4O9S/c1-21-7-3-6-10-30(21)48(44,45)37-32(41)23-12-11-22(29(18-23)46-2)17-24-20-38(33(42)35-16-15-31(39)40)28-14-13-25(19-27(24)28)36-34(43)47-26-8-4-5-9-26/h3,6-7,10-14,18-20,26H,4-5,8-9,15-17H2,1-2H3,(H,35,42)(H,36,43)(H,37,41)(H,39,40). The lowest BCUT2D eigenvalue weighted by molar-refractivity contribution is -0.136. The number of ether oxygens (including phenoxy) is 2. The molecule has 1 aromatic heterocycles. The molecule has 1 fully saturated rings. The molecule has 252 valence electrons. The first-order valence-corrected chi connectivity index (χ1v) is 16.8. The van der Waals surface area contributed by atoms with Crippen LogP contribution in [0.1, 0.15) is 59.2 Å². The van der Waals surface area contributed by atoms with Gasteiger partial charge in [0.1, 0.15) is 11.9 Å². The van der Waals surface area contributed by atoms with Gasteiger partial charge in [-0.2, -0.15) is 0 Å². The second-order valence-corrected chi connectivity index (χ2v) is 13.1. The number of carboxylic acids is 1. The Hall–Kier alpha value is -5.37. The van der Waals surface area contributed by atoms with Crippen LogP contribution in [0, 0.1) is 6.92 Å². The first kappa shape index (κ1) is 34.0. The maximum Gasteiger partial charge on any atom is 0.411 e. The van der Waals surface area contributed by atoms with E-state index in [2.05, 4.69) is 15.4 Å². The van der Waals surface area contributed by atoms with Crippen LogP contribution < -0.4 is 20.1 Å². The fourth-order valence-corrected chi connectivity index (χ4v) is 6.90. The van der Waals surface area contributed by atoms with E-state index in [0.717, 1.165) is 25.7 Å². The number of anilines is 1. The molecular weight excluding hydrogens is 640 g/mol. The molecule has 3 amide bonds. The van der Waals surface area contributed by atoms with E-state index >= 15 is 0 Å². The highest BCUT2D eigenvalue weighted by molar-refractivity contribution is 7.90. The highest BCUT2D eigenvalue weighted by Gasteiger charge is 2.23. The lowest BCUT2D eigenvalue weighted by atomic mass is 10.0. The zero-order chi connectivity index (χ0) is 34.4. The third-order valence-electron chi connectivity index (χ3n) is 8.08. The molecule has 0 aliphatic heterocycles. The zero-order valence-corrected chi connectivity index (χ0v) is 27.3. The quantitative estimate of drug-likeness (QED) is 0.166.